The zero-order valence-electron chi connectivity index (χ0n) is 12.2. The van der Waals surface area contributed by atoms with Crippen molar-refractivity contribution in [3.05, 3.63) is 48.0 Å². The van der Waals surface area contributed by atoms with Gasteiger partial charge < -0.3 is 10.6 Å². The summed E-state index contributed by atoms with van der Waals surface area (Å²) in [5, 5.41) is 2.60. The van der Waals surface area contributed by atoms with Crippen LogP contribution in [-0.4, -0.2) is 48.4 Å². The molecule has 2 aromatic rings. The second-order valence-corrected chi connectivity index (χ2v) is 5.50. The van der Waals surface area contributed by atoms with Crippen LogP contribution in [0, 0.1) is 0 Å². The van der Waals surface area contributed by atoms with Crippen LogP contribution in [0.1, 0.15) is 5.56 Å². The average molecular weight is 283 g/mol. The molecule has 0 aromatic heterocycles. The first-order valence-electron chi connectivity index (χ1n) is 7.45. The summed E-state index contributed by atoms with van der Waals surface area (Å²) in [7, 11) is 0. The van der Waals surface area contributed by atoms with Gasteiger partial charge >= 0.3 is 0 Å². The second kappa shape index (κ2) is 6.24. The summed E-state index contributed by atoms with van der Waals surface area (Å²) >= 11 is 0. The first-order chi connectivity index (χ1) is 10.3. The standard InChI is InChI=1S/C17H21N3O/c18-12-17(21)20-10-8-19(9-11-20)13-15-6-3-5-14-4-1-2-7-16(14)15/h1-7H,8-13,18H2. The van der Waals surface area contributed by atoms with Crippen molar-refractivity contribution in [2.24, 2.45) is 5.73 Å². The van der Waals surface area contributed by atoms with E-state index in [1.165, 1.54) is 16.3 Å². The summed E-state index contributed by atoms with van der Waals surface area (Å²) in [6, 6.07) is 14.9. The fraction of sp³-hybridized carbons (Fsp3) is 0.353. The molecular formula is C17H21N3O. The van der Waals surface area contributed by atoms with Crippen molar-refractivity contribution in [1.29, 1.82) is 0 Å². The molecule has 1 aliphatic rings. The molecule has 21 heavy (non-hydrogen) atoms. The van der Waals surface area contributed by atoms with Crippen LogP contribution in [0.25, 0.3) is 10.8 Å². The van der Waals surface area contributed by atoms with Gasteiger partial charge in [0.1, 0.15) is 0 Å². The first-order valence-corrected chi connectivity index (χ1v) is 7.45. The minimum Gasteiger partial charge on any atom is -0.339 e. The molecule has 0 spiro atoms. The van der Waals surface area contributed by atoms with Crippen LogP contribution in [0.2, 0.25) is 0 Å². The van der Waals surface area contributed by atoms with Crippen molar-refractivity contribution in [2.75, 3.05) is 32.7 Å². The van der Waals surface area contributed by atoms with Crippen LogP contribution in [0.15, 0.2) is 42.5 Å². The van der Waals surface area contributed by atoms with Crippen LogP contribution >= 0.6 is 0 Å². The van der Waals surface area contributed by atoms with Crippen LogP contribution < -0.4 is 5.73 Å². The lowest BCUT2D eigenvalue weighted by atomic mass is 10.0. The van der Waals surface area contributed by atoms with Gasteiger partial charge in [-0.3, -0.25) is 9.69 Å². The molecule has 110 valence electrons. The maximum atomic E-state index is 11.6. The highest BCUT2D eigenvalue weighted by atomic mass is 16.2. The van der Waals surface area contributed by atoms with Crippen LogP contribution in [0.4, 0.5) is 0 Å². The van der Waals surface area contributed by atoms with E-state index in [1.807, 2.05) is 4.90 Å². The predicted molar refractivity (Wildman–Crippen MR) is 84.9 cm³/mol. The maximum Gasteiger partial charge on any atom is 0.236 e. The van der Waals surface area contributed by atoms with Crippen LogP contribution in [0.3, 0.4) is 0 Å². The normalized spacial score (nSPS) is 16.3. The number of nitrogens with zero attached hydrogens (tertiary/aromatic N) is 2. The van der Waals surface area contributed by atoms with E-state index in [0.29, 0.717) is 0 Å². The topological polar surface area (TPSA) is 49.6 Å². The molecule has 0 saturated carbocycles. The van der Waals surface area contributed by atoms with Gasteiger partial charge in [0.05, 0.1) is 6.54 Å². The van der Waals surface area contributed by atoms with Crippen molar-refractivity contribution in [3.8, 4) is 0 Å². The Hall–Kier alpha value is -1.91. The van der Waals surface area contributed by atoms with Gasteiger partial charge in [-0.1, -0.05) is 42.5 Å². The number of hydrogen-bond donors (Lipinski definition) is 1. The lowest BCUT2D eigenvalue weighted by molar-refractivity contribution is -0.131. The lowest BCUT2D eigenvalue weighted by Crippen LogP contribution is -2.49. The summed E-state index contributed by atoms with van der Waals surface area (Å²) in [4.78, 5) is 15.9. The Morgan fingerprint density at radius 3 is 2.48 bits per heavy atom. The highest BCUT2D eigenvalue weighted by Gasteiger charge is 2.20. The molecule has 0 bridgehead atoms. The minimum atomic E-state index is 0.0554. The predicted octanol–water partition coefficient (Wildman–Crippen LogP) is 1.44. The average Bonchev–Trinajstić information content (AvgIpc) is 2.55. The Labute approximate surface area is 125 Å². The third-order valence-corrected chi connectivity index (χ3v) is 4.17. The third kappa shape index (κ3) is 3.06. The molecule has 0 atom stereocenters. The summed E-state index contributed by atoms with van der Waals surface area (Å²) in [6.45, 7) is 4.43. The van der Waals surface area contributed by atoms with E-state index in [0.717, 1.165) is 32.7 Å². The van der Waals surface area contributed by atoms with E-state index in [2.05, 4.69) is 47.4 Å². The van der Waals surface area contributed by atoms with Crippen molar-refractivity contribution < 1.29 is 4.79 Å². The van der Waals surface area contributed by atoms with Crippen molar-refractivity contribution >= 4 is 16.7 Å². The highest BCUT2D eigenvalue weighted by molar-refractivity contribution is 5.85. The molecule has 0 unspecified atom stereocenters. The summed E-state index contributed by atoms with van der Waals surface area (Å²) < 4.78 is 0. The number of fused-ring (bicyclic) bond motifs is 1. The van der Waals surface area contributed by atoms with Gasteiger partial charge in [0.15, 0.2) is 0 Å². The molecule has 0 radical (unpaired) electrons. The molecule has 1 amide bonds. The number of piperazine rings is 1. The van der Waals surface area contributed by atoms with E-state index in [-0.39, 0.29) is 12.5 Å². The molecule has 0 aliphatic carbocycles. The highest BCUT2D eigenvalue weighted by Crippen LogP contribution is 2.20. The van der Waals surface area contributed by atoms with Gasteiger partial charge in [-0.2, -0.15) is 0 Å². The number of carbonyl (C=O) groups is 1. The smallest absolute Gasteiger partial charge is 0.236 e. The first kappa shape index (κ1) is 14.0. The number of nitrogens with two attached hydrogens (primary N) is 1. The van der Waals surface area contributed by atoms with Gasteiger partial charge in [-0.15, -0.1) is 0 Å². The molecular weight excluding hydrogens is 262 g/mol. The van der Waals surface area contributed by atoms with E-state index in [9.17, 15) is 4.79 Å². The van der Waals surface area contributed by atoms with Gasteiger partial charge in [0.25, 0.3) is 0 Å². The van der Waals surface area contributed by atoms with Crippen LogP contribution in [0.5, 0.6) is 0 Å². The molecule has 4 heteroatoms. The number of hydrogen-bond acceptors (Lipinski definition) is 3. The zero-order valence-corrected chi connectivity index (χ0v) is 12.2. The van der Waals surface area contributed by atoms with Gasteiger partial charge in [-0.05, 0) is 16.3 Å². The Morgan fingerprint density at radius 2 is 1.71 bits per heavy atom. The molecule has 1 heterocycles. The van der Waals surface area contributed by atoms with Crippen molar-refractivity contribution in [2.45, 2.75) is 6.54 Å². The third-order valence-electron chi connectivity index (χ3n) is 4.17. The SMILES string of the molecule is NCC(=O)N1CCN(Cc2cccc3ccccc23)CC1. The van der Waals surface area contributed by atoms with E-state index >= 15 is 0 Å². The molecule has 2 aromatic carbocycles. The van der Waals surface area contributed by atoms with Crippen LogP contribution in [-0.2, 0) is 11.3 Å². The fourth-order valence-corrected chi connectivity index (χ4v) is 2.96. The number of benzene rings is 2. The monoisotopic (exact) mass is 283 g/mol. The number of rotatable bonds is 3. The number of carbonyl (C=O) groups excluding carboxylic acids is 1. The van der Waals surface area contributed by atoms with Crippen molar-refractivity contribution in [1.82, 2.24) is 9.80 Å². The van der Waals surface area contributed by atoms with Gasteiger partial charge in [0.2, 0.25) is 5.91 Å². The van der Waals surface area contributed by atoms with E-state index < -0.39 is 0 Å². The fourth-order valence-electron chi connectivity index (χ4n) is 2.96. The Bertz CT molecular complexity index is 627. The molecule has 4 nitrogen and oxygen atoms in total. The van der Waals surface area contributed by atoms with E-state index in [4.69, 9.17) is 5.73 Å². The number of amides is 1. The molecule has 1 saturated heterocycles. The molecule has 2 N–H and O–H groups in total. The van der Waals surface area contributed by atoms with Gasteiger partial charge in [0, 0.05) is 32.7 Å². The summed E-state index contributed by atoms with van der Waals surface area (Å²) in [6.07, 6.45) is 0. The zero-order chi connectivity index (χ0) is 14.7. The second-order valence-electron chi connectivity index (χ2n) is 5.50. The van der Waals surface area contributed by atoms with E-state index in [1.54, 1.807) is 0 Å². The summed E-state index contributed by atoms with van der Waals surface area (Å²) in [5.74, 6) is 0.0554. The molecule has 3 rings (SSSR count). The van der Waals surface area contributed by atoms with Gasteiger partial charge in [-0.25, -0.2) is 0 Å². The Kier molecular flexibility index (Phi) is 4.18. The minimum absolute atomic E-state index is 0.0554. The quantitative estimate of drug-likeness (QED) is 0.927. The molecule has 1 aliphatic heterocycles. The maximum absolute atomic E-state index is 11.6. The van der Waals surface area contributed by atoms with Crippen molar-refractivity contribution in [3.63, 3.8) is 0 Å². The lowest BCUT2D eigenvalue weighted by Gasteiger charge is -2.34. The largest absolute Gasteiger partial charge is 0.339 e. The Balaban J connectivity index is 1.69. The summed E-state index contributed by atoms with van der Waals surface area (Å²) in [5.41, 5.74) is 6.77. The Morgan fingerprint density at radius 1 is 1.00 bits per heavy atom. The molecule has 1 fully saturated rings.